The summed E-state index contributed by atoms with van der Waals surface area (Å²) in [7, 11) is -3.47. The Morgan fingerprint density at radius 3 is 2.37 bits per heavy atom. The van der Waals surface area contributed by atoms with Gasteiger partial charge in [-0.15, -0.1) is 11.8 Å². The van der Waals surface area contributed by atoms with Crippen molar-refractivity contribution in [1.29, 1.82) is 0 Å². The van der Waals surface area contributed by atoms with Crippen molar-refractivity contribution >= 4 is 21.8 Å². The molecule has 1 unspecified atom stereocenters. The van der Waals surface area contributed by atoms with Crippen LogP contribution in [0.1, 0.15) is 25.8 Å². The summed E-state index contributed by atoms with van der Waals surface area (Å²) in [6, 6.07) is 13.8. The SMILES string of the molecule is CCC(C)Sc1ccc(S(=O)(=O)N2CCN(Cc3ccccc3)CC2)cn1. The van der Waals surface area contributed by atoms with E-state index in [2.05, 4.69) is 35.9 Å². The number of hydrogen-bond acceptors (Lipinski definition) is 5. The fourth-order valence-corrected chi connectivity index (χ4v) is 5.20. The summed E-state index contributed by atoms with van der Waals surface area (Å²) in [5, 5.41) is 1.34. The second-order valence-electron chi connectivity index (χ2n) is 6.83. The van der Waals surface area contributed by atoms with Crippen molar-refractivity contribution < 1.29 is 8.42 Å². The Hall–Kier alpha value is -1.41. The van der Waals surface area contributed by atoms with Gasteiger partial charge >= 0.3 is 0 Å². The van der Waals surface area contributed by atoms with Gasteiger partial charge in [-0.2, -0.15) is 4.31 Å². The molecule has 0 spiro atoms. The lowest BCUT2D eigenvalue weighted by atomic mass is 10.2. The van der Waals surface area contributed by atoms with E-state index in [1.165, 1.54) is 11.8 Å². The van der Waals surface area contributed by atoms with Gasteiger partial charge in [0.15, 0.2) is 0 Å². The normalized spacial score (nSPS) is 17.7. The van der Waals surface area contributed by atoms with Crippen LogP contribution in [0.15, 0.2) is 58.6 Å². The van der Waals surface area contributed by atoms with Crippen LogP contribution in [0.4, 0.5) is 0 Å². The van der Waals surface area contributed by atoms with E-state index in [0.717, 1.165) is 31.1 Å². The fraction of sp³-hybridized carbons (Fsp3) is 0.450. The van der Waals surface area contributed by atoms with E-state index in [1.54, 1.807) is 22.1 Å². The number of nitrogens with zero attached hydrogens (tertiary/aromatic N) is 3. The summed E-state index contributed by atoms with van der Waals surface area (Å²) < 4.78 is 27.4. The zero-order valence-electron chi connectivity index (χ0n) is 15.9. The monoisotopic (exact) mass is 405 g/mol. The number of sulfonamides is 1. The highest BCUT2D eigenvalue weighted by Crippen LogP contribution is 2.25. The predicted octanol–water partition coefficient (Wildman–Crippen LogP) is 3.48. The molecule has 1 aliphatic heterocycles. The van der Waals surface area contributed by atoms with Gasteiger partial charge in [0, 0.05) is 44.2 Å². The molecule has 146 valence electrons. The van der Waals surface area contributed by atoms with Gasteiger partial charge in [-0.05, 0) is 24.1 Å². The van der Waals surface area contributed by atoms with Crippen molar-refractivity contribution in [2.45, 2.75) is 42.0 Å². The Morgan fingerprint density at radius 1 is 1.07 bits per heavy atom. The highest BCUT2D eigenvalue weighted by molar-refractivity contribution is 7.99. The van der Waals surface area contributed by atoms with Crippen LogP contribution in [0.5, 0.6) is 0 Å². The summed E-state index contributed by atoms with van der Waals surface area (Å²) in [6.45, 7) is 7.64. The molecule has 0 amide bonds. The highest BCUT2D eigenvalue weighted by Gasteiger charge is 2.28. The number of hydrogen-bond donors (Lipinski definition) is 0. The van der Waals surface area contributed by atoms with Crippen LogP contribution in [-0.2, 0) is 16.6 Å². The predicted molar refractivity (Wildman–Crippen MR) is 110 cm³/mol. The first-order valence-electron chi connectivity index (χ1n) is 9.38. The molecule has 2 aromatic rings. The molecule has 7 heteroatoms. The maximum absolute atomic E-state index is 12.9. The van der Waals surface area contributed by atoms with E-state index in [4.69, 9.17) is 0 Å². The van der Waals surface area contributed by atoms with Crippen molar-refractivity contribution in [3.8, 4) is 0 Å². The first-order chi connectivity index (χ1) is 13.0. The molecule has 0 aliphatic carbocycles. The maximum Gasteiger partial charge on any atom is 0.244 e. The van der Waals surface area contributed by atoms with Gasteiger partial charge in [0.25, 0.3) is 0 Å². The minimum atomic E-state index is -3.47. The molecular formula is C20H27N3O2S2. The van der Waals surface area contributed by atoms with E-state index in [9.17, 15) is 8.42 Å². The first kappa shape index (κ1) is 20.3. The lowest BCUT2D eigenvalue weighted by molar-refractivity contribution is 0.181. The van der Waals surface area contributed by atoms with Gasteiger partial charge in [0.05, 0.1) is 5.03 Å². The van der Waals surface area contributed by atoms with Gasteiger partial charge in [-0.25, -0.2) is 13.4 Å². The molecule has 0 bridgehead atoms. The topological polar surface area (TPSA) is 53.5 Å². The number of benzene rings is 1. The van der Waals surface area contributed by atoms with E-state index < -0.39 is 10.0 Å². The molecule has 27 heavy (non-hydrogen) atoms. The molecule has 2 heterocycles. The molecule has 0 N–H and O–H groups in total. The smallest absolute Gasteiger partial charge is 0.244 e. The average molecular weight is 406 g/mol. The third-order valence-electron chi connectivity index (χ3n) is 4.82. The van der Waals surface area contributed by atoms with Crippen LogP contribution in [0, 0.1) is 0 Å². The minimum Gasteiger partial charge on any atom is -0.296 e. The second kappa shape index (κ2) is 9.19. The largest absolute Gasteiger partial charge is 0.296 e. The minimum absolute atomic E-state index is 0.285. The van der Waals surface area contributed by atoms with Gasteiger partial charge in [-0.1, -0.05) is 44.2 Å². The third kappa shape index (κ3) is 5.31. The maximum atomic E-state index is 12.9. The quantitative estimate of drug-likeness (QED) is 0.660. The van der Waals surface area contributed by atoms with Gasteiger partial charge in [0.2, 0.25) is 10.0 Å². The van der Waals surface area contributed by atoms with Crippen LogP contribution < -0.4 is 0 Å². The Bertz CT molecular complexity index is 818. The molecule has 1 atom stereocenters. The fourth-order valence-electron chi connectivity index (χ4n) is 3.00. The third-order valence-corrected chi connectivity index (χ3v) is 7.92. The van der Waals surface area contributed by atoms with E-state index >= 15 is 0 Å². The molecule has 1 saturated heterocycles. The molecular weight excluding hydrogens is 378 g/mol. The Labute approximate surface area is 166 Å². The lowest BCUT2D eigenvalue weighted by Gasteiger charge is -2.33. The Kier molecular flexibility index (Phi) is 6.92. The summed E-state index contributed by atoms with van der Waals surface area (Å²) in [4.78, 5) is 6.93. The summed E-state index contributed by atoms with van der Waals surface area (Å²) in [5.41, 5.74) is 1.26. The molecule has 5 nitrogen and oxygen atoms in total. The first-order valence-corrected chi connectivity index (χ1v) is 11.7. The molecule has 1 aromatic heterocycles. The lowest BCUT2D eigenvalue weighted by Crippen LogP contribution is -2.48. The van der Waals surface area contributed by atoms with E-state index in [1.807, 2.05) is 24.3 Å². The Morgan fingerprint density at radius 2 is 1.78 bits per heavy atom. The molecule has 0 saturated carbocycles. The van der Waals surface area contributed by atoms with Gasteiger partial charge < -0.3 is 0 Å². The van der Waals surface area contributed by atoms with Crippen molar-refractivity contribution in [3.05, 3.63) is 54.2 Å². The van der Waals surface area contributed by atoms with Crippen molar-refractivity contribution in [2.75, 3.05) is 26.2 Å². The number of aromatic nitrogens is 1. The standard InChI is InChI=1S/C20H27N3O2S2/c1-3-17(2)26-20-10-9-19(15-21-20)27(24,25)23-13-11-22(12-14-23)16-18-7-5-4-6-8-18/h4-10,15,17H,3,11-14,16H2,1-2H3. The Balaban J connectivity index is 1.59. The van der Waals surface area contributed by atoms with Crippen LogP contribution in [0.25, 0.3) is 0 Å². The number of thioether (sulfide) groups is 1. The van der Waals surface area contributed by atoms with E-state index in [0.29, 0.717) is 18.3 Å². The van der Waals surface area contributed by atoms with Crippen LogP contribution >= 0.6 is 11.8 Å². The van der Waals surface area contributed by atoms with Crippen LogP contribution in [-0.4, -0.2) is 54.0 Å². The van der Waals surface area contributed by atoms with Crippen LogP contribution in [0.3, 0.4) is 0 Å². The van der Waals surface area contributed by atoms with Crippen molar-refractivity contribution in [3.63, 3.8) is 0 Å². The molecule has 1 aliphatic rings. The molecule has 0 radical (unpaired) electrons. The van der Waals surface area contributed by atoms with Crippen molar-refractivity contribution in [1.82, 2.24) is 14.2 Å². The summed E-state index contributed by atoms with van der Waals surface area (Å²) >= 11 is 1.67. The number of piperazine rings is 1. The van der Waals surface area contributed by atoms with Gasteiger partial charge in [0.1, 0.15) is 4.90 Å². The summed E-state index contributed by atoms with van der Waals surface area (Å²) in [5.74, 6) is 0. The second-order valence-corrected chi connectivity index (χ2v) is 10.2. The summed E-state index contributed by atoms with van der Waals surface area (Å²) in [6.07, 6.45) is 2.55. The molecule has 1 aromatic carbocycles. The molecule has 1 fully saturated rings. The zero-order valence-corrected chi connectivity index (χ0v) is 17.5. The number of rotatable bonds is 7. The molecule has 3 rings (SSSR count). The van der Waals surface area contributed by atoms with Gasteiger partial charge in [-0.3, -0.25) is 4.90 Å². The van der Waals surface area contributed by atoms with E-state index in [-0.39, 0.29) is 4.90 Å². The van der Waals surface area contributed by atoms with Crippen molar-refractivity contribution in [2.24, 2.45) is 0 Å². The van der Waals surface area contributed by atoms with Crippen LogP contribution in [0.2, 0.25) is 0 Å². The zero-order chi connectivity index (χ0) is 19.3. The number of pyridine rings is 1. The highest BCUT2D eigenvalue weighted by atomic mass is 32.2. The average Bonchev–Trinajstić information content (AvgIpc) is 2.69.